The maximum absolute atomic E-state index is 3.82. The largest absolute Gasteiger partial charge is 0.382 e. The minimum Gasteiger partial charge on any atom is -0.382 e. The van der Waals surface area contributed by atoms with E-state index in [1.54, 1.807) is 0 Å². The van der Waals surface area contributed by atoms with Crippen molar-refractivity contribution in [3.63, 3.8) is 0 Å². The first kappa shape index (κ1) is 12.1. The molecular formula is C17H25N. The lowest BCUT2D eigenvalue weighted by molar-refractivity contribution is -0.106. The van der Waals surface area contributed by atoms with Crippen molar-refractivity contribution >= 4 is 5.69 Å². The predicted molar refractivity (Wildman–Crippen MR) is 77.7 cm³/mol. The molecule has 98 valence electrons. The van der Waals surface area contributed by atoms with Crippen molar-refractivity contribution in [2.24, 2.45) is 23.2 Å². The molecule has 4 rings (SSSR count). The maximum Gasteiger partial charge on any atom is 0.0372 e. The summed E-state index contributed by atoms with van der Waals surface area (Å²) < 4.78 is 0. The Kier molecular flexibility index (Phi) is 2.69. The Hall–Kier alpha value is -0.980. The highest BCUT2D eigenvalue weighted by molar-refractivity contribution is 5.51. The number of anilines is 1. The van der Waals surface area contributed by atoms with E-state index in [2.05, 4.69) is 57.3 Å². The molecule has 0 saturated heterocycles. The minimum atomic E-state index is 0.540. The van der Waals surface area contributed by atoms with Crippen molar-refractivity contribution in [2.45, 2.75) is 46.6 Å². The first-order chi connectivity index (χ1) is 8.50. The maximum atomic E-state index is 3.82. The van der Waals surface area contributed by atoms with Gasteiger partial charge in [-0.05, 0) is 54.6 Å². The molecule has 2 bridgehead atoms. The van der Waals surface area contributed by atoms with Crippen LogP contribution in [-0.2, 0) is 0 Å². The second-order valence-corrected chi connectivity index (χ2v) is 7.05. The fourth-order valence-corrected chi connectivity index (χ4v) is 4.47. The van der Waals surface area contributed by atoms with Gasteiger partial charge < -0.3 is 5.32 Å². The van der Waals surface area contributed by atoms with Crippen molar-refractivity contribution in [1.82, 2.24) is 0 Å². The van der Waals surface area contributed by atoms with E-state index in [9.17, 15) is 0 Å². The predicted octanol–water partition coefficient (Wildman–Crippen LogP) is 4.48. The Balaban J connectivity index is 1.80. The third-order valence-corrected chi connectivity index (χ3v) is 5.70. The van der Waals surface area contributed by atoms with Crippen LogP contribution >= 0.6 is 0 Å². The number of aryl methyl sites for hydroxylation is 1. The topological polar surface area (TPSA) is 12.0 Å². The molecular weight excluding hydrogens is 218 g/mol. The number of benzene rings is 1. The van der Waals surface area contributed by atoms with Gasteiger partial charge in [-0.15, -0.1) is 0 Å². The standard InChI is InChI=1S/C17H25N/c1-11-7-5-6-8-15(11)18-16-9-12(2)13-10-14(16)17(13,3)4/h5-8,12-14,16,18H,9-10H2,1-4H3. The molecule has 0 aromatic heterocycles. The van der Waals surface area contributed by atoms with Gasteiger partial charge in [0.05, 0.1) is 0 Å². The zero-order valence-electron chi connectivity index (χ0n) is 12.0. The van der Waals surface area contributed by atoms with E-state index in [1.807, 2.05) is 0 Å². The number of fused-ring (bicyclic) bond motifs is 2. The lowest BCUT2D eigenvalue weighted by atomic mass is 9.44. The van der Waals surface area contributed by atoms with E-state index >= 15 is 0 Å². The van der Waals surface area contributed by atoms with E-state index in [0.717, 1.165) is 17.8 Å². The monoisotopic (exact) mass is 243 g/mol. The zero-order valence-corrected chi connectivity index (χ0v) is 12.0. The van der Waals surface area contributed by atoms with Gasteiger partial charge in [-0.2, -0.15) is 0 Å². The number of hydrogen-bond donors (Lipinski definition) is 1. The van der Waals surface area contributed by atoms with Crippen molar-refractivity contribution in [2.75, 3.05) is 5.32 Å². The molecule has 3 aliphatic rings. The normalized spacial score (nSPS) is 36.9. The van der Waals surface area contributed by atoms with Crippen molar-refractivity contribution in [3.8, 4) is 0 Å². The fourth-order valence-electron chi connectivity index (χ4n) is 4.47. The summed E-state index contributed by atoms with van der Waals surface area (Å²) in [5.74, 6) is 2.68. The molecule has 18 heavy (non-hydrogen) atoms. The number of para-hydroxylation sites is 1. The van der Waals surface area contributed by atoms with Crippen LogP contribution in [0, 0.1) is 30.1 Å². The number of hydrogen-bond acceptors (Lipinski definition) is 1. The molecule has 3 saturated carbocycles. The molecule has 1 N–H and O–H groups in total. The summed E-state index contributed by atoms with van der Waals surface area (Å²) in [4.78, 5) is 0. The van der Waals surface area contributed by atoms with Crippen LogP contribution in [-0.4, -0.2) is 6.04 Å². The highest BCUT2D eigenvalue weighted by Crippen LogP contribution is 2.61. The Morgan fingerprint density at radius 1 is 1.11 bits per heavy atom. The first-order valence-corrected chi connectivity index (χ1v) is 7.32. The summed E-state index contributed by atoms with van der Waals surface area (Å²) in [5, 5.41) is 3.82. The molecule has 4 unspecified atom stereocenters. The van der Waals surface area contributed by atoms with Crippen molar-refractivity contribution in [3.05, 3.63) is 29.8 Å². The van der Waals surface area contributed by atoms with Crippen molar-refractivity contribution < 1.29 is 0 Å². The third-order valence-electron chi connectivity index (χ3n) is 5.70. The van der Waals surface area contributed by atoms with Crippen molar-refractivity contribution in [1.29, 1.82) is 0 Å². The van der Waals surface area contributed by atoms with Crippen LogP contribution < -0.4 is 5.32 Å². The molecule has 4 atom stereocenters. The highest BCUT2D eigenvalue weighted by Gasteiger charge is 2.57. The van der Waals surface area contributed by atoms with E-state index in [4.69, 9.17) is 0 Å². The molecule has 1 heteroatoms. The van der Waals surface area contributed by atoms with Gasteiger partial charge in [-0.1, -0.05) is 39.0 Å². The van der Waals surface area contributed by atoms with Crippen LogP contribution in [0.4, 0.5) is 5.69 Å². The quantitative estimate of drug-likeness (QED) is 0.807. The second-order valence-electron chi connectivity index (χ2n) is 7.05. The van der Waals surface area contributed by atoms with Crippen LogP contribution in [0.15, 0.2) is 24.3 Å². The minimum absolute atomic E-state index is 0.540. The highest BCUT2D eigenvalue weighted by atomic mass is 15.0. The fraction of sp³-hybridized carbons (Fsp3) is 0.647. The molecule has 0 aliphatic heterocycles. The van der Waals surface area contributed by atoms with Crippen LogP contribution in [0.25, 0.3) is 0 Å². The Morgan fingerprint density at radius 2 is 1.83 bits per heavy atom. The summed E-state index contributed by atoms with van der Waals surface area (Å²) in [6.07, 6.45) is 2.77. The second kappa shape index (κ2) is 4.01. The molecule has 0 radical (unpaired) electrons. The van der Waals surface area contributed by atoms with E-state index in [-0.39, 0.29) is 0 Å². The molecule has 1 aromatic carbocycles. The number of rotatable bonds is 2. The Bertz CT molecular complexity index is 449. The summed E-state index contributed by atoms with van der Waals surface area (Å²) in [6.45, 7) is 9.57. The van der Waals surface area contributed by atoms with Gasteiger partial charge in [-0.25, -0.2) is 0 Å². The molecule has 0 amide bonds. The molecule has 3 aliphatic carbocycles. The first-order valence-electron chi connectivity index (χ1n) is 7.32. The van der Waals surface area contributed by atoms with Crippen LogP contribution in [0.1, 0.15) is 39.2 Å². The van der Waals surface area contributed by atoms with Crippen LogP contribution in [0.5, 0.6) is 0 Å². The van der Waals surface area contributed by atoms with Gasteiger partial charge in [0.25, 0.3) is 0 Å². The summed E-state index contributed by atoms with van der Waals surface area (Å²) in [7, 11) is 0. The summed E-state index contributed by atoms with van der Waals surface area (Å²) in [5.41, 5.74) is 3.23. The molecule has 0 heterocycles. The van der Waals surface area contributed by atoms with Gasteiger partial charge in [0.1, 0.15) is 0 Å². The smallest absolute Gasteiger partial charge is 0.0372 e. The lowest BCUT2D eigenvalue weighted by Crippen LogP contribution is -2.60. The van der Waals surface area contributed by atoms with E-state index in [1.165, 1.54) is 24.1 Å². The molecule has 1 aromatic rings. The Labute approximate surface area is 111 Å². The van der Waals surface area contributed by atoms with Gasteiger partial charge >= 0.3 is 0 Å². The molecule has 0 spiro atoms. The lowest BCUT2D eigenvalue weighted by Gasteiger charge is -2.63. The average Bonchev–Trinajstić information content (AvgIpc) is 2.31. The van der Waals surface area contributed by atoms with Crippen LogP contribution in [0.3, 0.4) is 0 Å². The van der Waals surface area contributed by atoms with Gasteiger partial charge in [0.2, 0.25) is 0 Å². The Morgan fingerprint density at radius 3 is 2.44 bits per heavy atom. The van der Waals surface area contributed by atoms with Gasteiger partial charge in [-0.3, -0.25) is 0 Å². The van der Waals surface area contributed by atoms with E-state index in [0.29, 0.717) is 11.5 Å². The molecule has 3 fully saturated rings. The average molecular weight is 243 g/mol. The molecule has 1 nitrogen and oxygen atoms in total. The van der Waals surface area contributed by atoms with E-state index < -0.39 is 0 Å². The summed E-state index contributed by atoms with van der Waals surface area (Å²) >= 11 is 0. The third kappa shape index (κ3) is 1.67. The summed E-state index contributed by atoms with van der Waals surface area (Å²) in [6, 6.07) is 9.34. The van der Waals surface area contributed by atoms with Gasteiger partial charge in [0.15, 0.2) is 0 Å². The van der Waals surface area contributed by atoms with Gasteiger partial charge in [0, 0.05) is 11.7 Å². The number of nitrogens with one attached hydrogen (secondary N) is 1. The zero-order chi connectivity index (χ0) is 12.9. The van der Waals surface area contributed by atoms with Crippen LogP contribution in [0.2, 0.25) is 0 Å². The SMILES string of the molecule is Cc1ccccc1NC1CC(C)C2CC1C2(C)C.